The molecule has 1 aliphatic carbocycles. The van der Waals surface area contributed by atoms with Crippen molar-refractivity contribution in [1.82, 2.24) is 0 Å². The van der Waals surface area contributed by atoms with Crippen molar-refractivity contribution in [3.05, 3.63) is 41.7 Å². The lowest BCUT2D eigenvalue weighted by molar-refractivity contribution is 0.613. The fourth-order valence-electron chi connectivity index (χ4n) is 1.78. The molecule has 2 rings (SSSR count). The Morgan fingerprint density at radius 2 is 1.93 bits per heavy atom. The maximum absolute atomic E-state index is 12.7. The molecule has 1 atom stereocenters. The van der Waals surface area contributed by atoms with Gasteiger partial charge >= 0.3 is 0 Å². The van der Waals surface area contributed by atoms with Gasteiger partial charge in [-0.2, -0.15) is 0 Å². The fraction of sp³-hybridized carbons (Fsp3) is 0.333. The van der Waals surface area contributed by atoms with E-state index in [0.717, 1.165) is 24.8 Å². The Morgan fingerprint density at radius 3 is 2.50 bits per heavy atom. The number of allylic oxidation sites excluding steroid dienone is 1. The maximum atomic E-state index is 12.7. The average Bonchev–Trinajstić information content (AvgIpc) is 2.21. The largest absolute Gasteiger partial charge is 0.327 e. The third-order valence-corrected chi connectivity index (χ3v) is 2.67. The zero-order valence-corrected chi connectivity index (χ0v) is 8.04. The van der Waals surface area contributed by atoms with E-state index < -0.39 is 0 Å². The lowest BCUT2D eigenvalue weighted by Gasteiger charge is -2.18. The Bertz CT molecular complexity index is 340. The van der Waals surface area contributed by atoms with Crippen LogP contribution in [0.5, 0.6) is 0 Å². The Morgan fingerprint density at radius 1 is 1.21 bits per heavy atom. The predicted molar refractivity (Wildman–Crippen MR) is 56.2 cm³/mol. The Labute approximate surface area is 83.4 Å². The van der Waals surface area contributed by atoms with Crippen molar-refractivity contribution in [2.24, 2.45) is 5.73 Å². The number of halogens is 1. The summed E-state index contributed by atoms with van der Waals surface area (Å²) in [6.07, 6.45) is 5.14. The van der Waals surface area contributed by atoms with E-state index in [-0.39, 0.29) is 5.82 Å². The van der Waals surface area contributed by atoms with Gasteiger partial charge < -0.3 is 5.73 Å². The SMILES string of the molecule is NC1CC=C(c2ccc(F)cc2)CC1. The van der Waals surface area contributed by atoms with Crippen molar-refractivity contribution in [3.8, 4) is 0 Å². The van der Waals surface area contributed by atoms with Crippen molar-refractivity contribution in [1.29, 1.82) is 0 Å². The third kappa shape index (κ3) is 2.02. The second-order valence-corrected chi connectivity index (χ2v) is 3.77. The van der Waals surface area contributed by atoms with Crippen LogP contribution in [-0.4, -0.2) is 6.04 Å². The number of nitrogens with two attached hydrogens (primary N) is 1. The van der Waals surface area contributed by atoms with Gasteiger partial charge in [0, 0.05) is 6.04 Å². The molecule has 1 nitrogen and oxygen atoms in total. The van der Waals surface area contributed by atoms with E-state index in [9.17, 15) is 4.39 Å². The number of hydrogen-bond acceptors (Lipinski definition) is 1. The monoisotopic (exact) mass is 191 g/mol. The molecule has 1 unspecified atom stereocenters. The number of rotatable bonds is 1. The van der Waals surface area contributed by atoms with E-state index >= 15 is 0 Å². The second-order valence-electron chi connectivity index (χ2n) is 3.77. The topological polar surface area (TPSA) is 26.0 Å². The quantitative estimate of drug-likeness (QED) is 0.725. The lowest BCUT2D eigenvalue weighted by Crippen LogP contribution is -2.21. The van der Waals surface area contributed by atoms with E-state index in [0.29, 0.717) is 6.04 Å². The lowest BCUT2D eigenvalue weighted by atomic mass is 9.91. The molecule has 0 aliphatic heterocycles. The van der Waals surface area contributed by atoms with Gasteiger partial charge in [0.25, 0.3) is 0 Å². The van der Waals surface area contributed by atoms with E-state index in [2.05, 4.69) is 6.08 Å². The molecule has 14 heavy (non-hydrogen) atoms. The summed E-state index contributed by atoms with van der Waals surface area (Å²) >= 11 is 0. The zero-order chi connectivity index (χ0) is 9.97. The summed E-state index contributed by atoms with van der Waals surface area (Å²) in [5.41, 5.74) is 8.22. The Balaban J connectivity index is 2.19. The van der Waals surface area contributed by atoms with Crippen LogP contribution in [0.2, 0.25) is 0 Å². The standard InChI is InChI=1S/C12H14FN/c13-11-5-1-9(2-6-11)10-3-7-12(14)8-4-10/h1-3,5-6,12H,4,7-8,14H2. The molecule has 1 aromatic carbocycles. The second kappa shape index (κ2) is 3.93. The van der Waals surface area contributed by atoms with E-state index in [1.807, 2.05) is 12.1 Å². The van der Waals surface area contributed by atoms with Gasteiger partial charge in [0.05, 0.1) is 0 Å². The van der Waals surface area contributed by atoms with Crippen LogP contribution in [0.15, 0.2) is 30.3 Å². The van der Waals surface area contributed by atoms with Crippen molar-refractivity contribution >= 4 is 5.57 Å². The summed E-state index contributed by atoms with van der Waals surface area (Å²) in [4.78, 5) is 0. The molecule has 0 heterocycles. The van der Waals surface area contributed by atoms with Crippen molar-refractivity contribution in [2.45, 2.75) is 25.3 Å². The molecule has 0 bridgehead atoms. The minimum Gasteiger partial charge on any atom is -0.327 e. The summed E-state index contributed by atoms with van der Waals surface area (Å²) < 4.78 is 12.7. The van der Waals surface area contributed by atoms with Crippen molar-refractivity contribution < 1.29 is 4.39 Å². The van der Waals surface area contributed by atoms with Gasteiger partial charge in [-0.3, -0.25) is 0 Å². The summed E-state index contributed by atoms with van der Waals surface area (Å²) in [6, 6.07) is 6.98. The summed E-state index contributed by atoms with van der Waals surface area (Å²) in [6.45, 7) is 0. The van der Waals surface area contributed by atoms with Crippen LogP contribution >= 0.6 is 0 Å². The van der Waals surface area contributed by atoms with Crippen LogP contribution in [0.25, 0.3) is 5.57 Å². The Kier molecular flexibility index (Phi) is 2.64. The first-order valence-electron chi connectivity index (χ1n) is 4.96. The van der Waals surface area contributed by atoms with Crippen LogP contribution in [0.1, 0.15) is 24.8 Å². The summed E-state index contributed by atoms with van der Waals surface area (Å²) in [7, 11) is 0. The van der Waals surface area contributed by atoms with Crippen LogP contribution < -0.4 is 5.73 Å². The summed E-state index contributed by atoms with van der Waals surface area (Å²) in [5.74, 6) is -0.179. The van der Waals surface area contributed by atoms with Gasteiger partial charge in [-0.1, -0.05) is 18.2 Å². The molecule has 0 radical (unpaired) electrons. The molecule has 74 valence electrons. The van der Waals surface area contributed by atoms with Gasteiger partial charge in [0.15, 0.2) is 0 Å². The van der Waals surface area contributed by atoms with E-state index in [4.69, 9.17) is 5.73 Å². The van der Waals surface area contributed by atoms with Crippen LogP contribution in [-0.2, 0) is 0 Å². The number of benzene rings is 1. The third-order valence-electron chi connectivity index (χ3n) is 2.67. The molecule has 0 amide bonds. The van der Waals surface area contributed by atoms with Crippen molar-refractivity contribution in [2.75, 3.05) is 0 Å². The molecule has 0 aromatic heterocycles. The van der Waals surface area contributed by atoms with Gasteiger partial charge in [0.1, 0.15) is 5.82 Å². The van der Waals surface area contributed by atoms with E-state index in [1.54, 1.807) is 0 Å². The first kappa shape index (κ1) is 9.41. The molecule has 0 saturated heterocycles. The highest BCUT2D eigenvalue weighted by atomic mass is 19.1. The van der Waals surface area contributed by atoms with Gasteiger partial charge in [-0.25, -0.2) is 4.39 Å². The molecule has 2 N–H and O–H groups in total. The maximum Gasteiger partial charge on any atom is 0.123 e. The predicted octanol–water partition coefficient (Wildman–Crippen LogP) is 2.72. The van der Waals surface area contributed by atoms with Gasteiger partial charge in [-0.15, -0.1) is 0 Å². The molecule has 0 spiro atoms. The zero-order valence-electron chi connectivity index (χ0n) is 8.04. The van der Waals surface area contributed by atoms with Crippen LogP contribution in [0.4, 0.5) is 4.39 Å². The van der Waals surface area contributed by atoms with Crippen LogP contribution in [0.3, 0.4) is 0 Å². The minimum absolute atomic E-state index is 0.179. The number of hydrogen-bond donors (Lipinski definition) is 1. The molecule has 0 saturated carbocycles. The summed E-state index contributed by atoms with van der Waals surface area (Å²) in [5, 5.41) is 0. The highest BCUT2D eigenvalue weighted by Crippen LogP contribution is 2.26. The first-order chi connectivity index (χ1) is 6.75. The molecule has 1 aromatic rings. The van der Waals surface area contributed by atoms with Gasteiger partial charge in [0.2, 0.25) is 0 Å². The smallest absolute Gasteiger partial charge is 0.123 e. The molecular weight excluding hydrogens is 177 g/mol. The molecule has 1 aliphatic rings. The highest BCUT2D eigenvalue weighted by Gasteiger charge is 2.11. The fourth-order valence-corrected chi connectivity index (χ4v) is 1.78. The molecule has 0 fully saturated rings. The molecular formula is C12H14FN. The van der Waals surface area contributed by atoms with Crippen molar-refractivity contribution in [3.63, 3.8) is 0 Å². The average molecular weight is 191 g/mol. The van der Waals surface area contributed by atoms with E-state index in [1.165, 1.54) is 17.7 Å². The highest BCUT2D eigenvalue weighted by molar-refractivity contribution is 5.66. The molecule has 2 heteroatoms. The minimum atomic E-state index is -0.179. The first-order valence-corrected chi connectivity index (χ1v) is 4.96. The van der Waals surface area contributed by atoms with Crippen LogP contribution in [0, 0.1) is 5.82 Å². The van der Waals surface area contributed by atoms with Gasteiger partial charge in [-0.05, 0) is 42.5 Å². The Hall–Kier alpha value is -1.15. The normalized spacial score (nSPS) is 21.9.